The van der Waals surface area contributed by atoms with E-state index in [2.05, 4.69) is 27.3 Å². The Labute approximate surface area is 153 Å². The largest absolute Gasteiger partial charge is 0.487 e. The molecule has 124 valence electrons. The number of piperazine rings is 1. The lowest BCUT2D eigenvalue weighted by atomic mass is 10.2. The third-order valence-electron chi connectivity index (χ3n) is 3.19. The smallest absolute Gasteiger partial charge is 0.131 e. The highest BCUT2D eigenvalue weighted by Gasteiger charge is 2.10. The summed E-state index contributed by atoms with van der Waals surface area (Å²) in [6, 6.07) is 8.32. The molecule has 1 fully saturated rings. The van der Waals surface area contributed by atoms with Gasteiger partial charge in [-0.05, 0) is 24.3 Å². The fraction of sp³-hybridized carbons (Fsp3) is 0.357. The molecule has 1 aliphatic heterocycles. The standard InChI is InChI=1S/C14H17N3OS.3ClH/c1-3-14(18-9-12-10-19-11-16-12)4-2-13(1)17-7-5-15-6-8-17;;;/h1-4,10-11,15H,5-9H2;3*1H. The number of ether oxygens (including phenoxy) is 1. The van der Waals surface area contributed by atoms with Gasteiger partial charge in [-0.25, -0.2) is 4.98 Å². The Balaban J connectivity index is 0.00000147. The molecule has 4 nitrogen and oxygen atoms in total. The van der Waals surface area contributed by atoms with Crippen LogP contribution in [0.3, 0.4) is 0 Å². The van der Waals surface area contributed by atoms with E-state index in [1.54, 1.807) is 11.3 Å². The molecular formula is C14H20Cl3N3OS. The van der Waals surface area contributed by atoms with Crippen molar-refractivity contribution in [3.8, 4) is 5.75 Å². The maximum Gasteiger partial charge on any atom is 0.131 e. The first-order valence-electron chi connectivity index (χ1n) is 6.47. The number of anilines is 1. The monoisotopic (exact) mass is 383 g/mol. The van der Waals surface area contributed by atoms with Crippen LogP contribution in [0.25, 0.3) is 0 Å². The third kappa shape index (κ3) is 5.82. The number of aromatic nitrogens is 1. The minimum absolute atomic E-state index is 0. The van der Waals surface area contributed by atoms with E-state index < -0.39 is 0 Å². The van der Waals surface area contributed by atoms with Crippen molar-refractivity contribution in [2.45, 2.75) is 6.61 Å². The molecule has 1 saturated heterocycles. The number of nitrogens with one attached hydrogen (secondary N) is 1. The van der Waals surface area contributed by atoms with Crippen LogP contribution < -0.4 is 15.0 Å². The highest BCUT2D eigenvalue weighted by Crippen LogP contribution is 2.20. The Bertz CT molecular complexity index is 505. The van der Waals surface area contributed by atoms with E-state index >= 15 is 0 Å². The van der Waals surface area contributed by atoms with Crippen LogP contribution in [-0.4, -0.2) is 31.2 Å². The normalized spacial score (nSPS) is 13.4. The van der Waals surface area contributed by atoms with Crippen LogP contribution in [0.5, 0.6) is 5.75 Å². The van der Waals surface area contributed by atoms with Gasteiger partial charge in [0.2, 0.25) is 0 Å². The average molecular weight is 385 g/mol. The number of hydrogen-bond donors (Lipinski definition) is 1. The third-order valence-corrected chi connectivity index (χ3v) is 3.82. The molecule has 1 aromatic carbocycles. The van der Waals surface area contributed by atoms with Gasteiger partial charge in [-0.1, -0.05) is 0 Å². The predicted octanol–water partition coefficient (Wildman–Crippen LogP) is 3.40. The minimum atomic E-state index is 0. The second-order valence-electron chi connectivity index (χ2n) is 4.50. The van der Waals surface area contributed by atoms with Gasteiger partial charge in [-0.2, -0.15) is 0 Å². The summed E-state index contributed by atoms with van der Waals surface area (Å²) in [6.45, 7) is 4.79. The molecule has 0 amide bonds. The molecule has 2 heterocycles. The van der Waals surface area contributed by atoms with E-state index in [0.29, 0.717) is 6.61 Å². The molecule has 0 radical (unpaired) electrons. The molecular weight excluding hydrogens is 365 g/mol. The Morgan fingerprint density at radius 1 is 1.09 bits per heavy atom. The van der Waals surface area contributed by atoms with Crippen LogP contribution in [0.4, 0.5) is 5.69 Å². The molecule has 0 bridgehead atoms. The number of rotatable bonds is 4. The predicted molar refractivity (Wildman–Crippen MR) is 99.7 cm³/mol. The van der Waals surface area contributed by atoms with E-state index in [0.717, 1.165) is 37.6 Å². The number of hydrogen-bond acceptors (Lipinski definition) is 5. The molecule has 3 rings (SSSR count). The minimum Gasteiger partial charge on any atom is -0.487 e. The molecule has 0 atom stereocenters. The average Bonchev–Trinajstić information content (AvgIpc) is 3.00. The molecule has 2 aromatic rings. The molecule has 1 aromatic heterocycles. The summed E-state index contributed by atoms with van der Waals surface area (Å²) in [6.07, 6.45) is 0. The second kappa shape index (κ2) is 10.9. The van der Waals surface area contributed by atoms with Gasteiger partial charge < -0.3 is 15.0 Å². The van der Waals surface area contributed by atoms with Crippen LogP contribution in [0, 0.1) is 0 Å². The first kappa shape index (κ1) is 21.3. The molecule has 1 aliphatic rings. The van der Waals surface area contributed by atoms with Crippen molar-refractivity contribution in [1.29, 1.82) is 0 Å². The summed E-state index contributed by atoms with van der Waals surface area (Å²) in [5.74, 6) is 0.895. The van der Waals surface area contributed by atoms with Crippen LogP contribution in [0.1, 0.15) is 5.69 Å². The Hall–Kier alpha value is -0.720. The summed E-state index contributed by atoms with van der Waals surface area (Å²) < 4.78 is 5.71. The molecule has 0 unspecified atom stereocenters. The maximum absolute atomic E-state index is 5.71. The van der Waals surface area contributed by atoms with Gasteiger partial charge in [0.05, 0.1) is 11.2 Å². The highest BCUT2D eigenvalue weighted by molar-refractivity contribution is 7.07. The number of nitrogens with zero attached hydrogens (tertiary/aromatic N) is 2. The molecule has 0 aliphatic carbocycles. The van der Waals surface area contributed by atoms with Crippen LogP contribution in [-0.2, 0) is 6.61 Å². The molecule has 0 saturated carbocycles. The second-order valence-corrected chi connectivity index (χ2v) is 5.22. The fourth-order valence-electron chi connectivity index (χ4n) is 2.14. The summed E-state index contributed by atoms with van der Waals surface area (Å²) in [7, 11) is 0. The summed E-state index contributed by atoms with van der Waals surface area (Å²) in [4.78, 5) is 6.59. The molecule has 22 heavy (non-hydrogen) atoms. The topological polar surface area (TPSA) is 37.4 Å². The van der Waals surface area contributed by atoms with Gasteiger partial charge >= 0.3 is 0 Å². The summed E-state index contributed by atoms with van der Waals surface area (Å²) in [5, 5.41) is 5.37. The van der Waals surface area contributed by atoms with Crippen molar-refractivity contribution in [2.75, 3.05) is 31.1 Å². The van der Waals surface area contributed by atoms with Crippen molar-refractivity contribution < 1.29 is 4.74 Å². The lowest BCUT2D eigenvalue weighted by Crippen LogP contribution is -2.43. The lowest BCUT2D eigenvalue weighted by Gasteiger charge is -2.29. The van der Waals surface area contributed by atoms with Gasteiger partial charge in [-0.15, -0.1) is 48.6 Å². The van der Waals surface area contributed by atoms with Crippen molar-refractivity contribution >= 4 is 54.2 Å². The zero-order valence-electron chi connectivity index (χ0n) is 11.9. The van der Waals surface area contributed by atoms with Gasteiger partial charge in [0.1, 0.15) is 12.4 Å². The fourth-order valence-corrected chi connectivity index (χ4v) is 2.69. The van der Waals surface area contributed by atoms with Crippen molar-refractivity contribution in [3.63, 3.8) is 0 Å². The summed E-state index contributed by atoms with van der Waals surface area (Å²) in [5.41, 5.74) is 4.07. The van der Waals surface area contributed by atoms with E-state index in [-0.39, 0.29) is 37.2 Å². The quantitative estimate of drug-likeness (QED) is 0.876. The van der Waals surface area contributed by atoms with Crippen molar-refractivity contribution in [3.05, 3.63) is 40.8 Å². The zero-order valence-corrected chi connectivity index (χ0v) is 15.2. The van der Waals surface area contributed by atoms with E-state index in [1.165, 1.54) is 5.69 Å². The van der Waals surface area contributed by atoms with Crippen molar-refractivity contribution in [1.82, 2.24) is 10.3 Å². The van der Waals surface area contributed by atoms with E-state index in [9.17, 15) is 0 Å². The van der Waals surface area contributed by atoms with E-state index in [4.69, 9.17) is 4.74 Å². The van der Waals surface area contributed by atoms with Gasteiger partial charge in [0, 0.05) is 37.2 Å². The highest BCUT2D eigenvalue weighted by atomic mass is 35.5. The number of benzene rings is 1. The molecule has 0 spiro atoms. The van der Waals surface area contributed by atoms with Gasteiger partial charge in [0.25, 0.3) is 0 Å². The van der Waals surface area contributed by atoms with Gasteiger partial charge in [-0.3, -0.25) is 0 Å². The Kier molecular flexibility index (Phi) is 10.6. The first-order chi connectivity index (χ1) is 9.42. The summed E-state index contributed by atoms with van der Waals surface area (Å²) >= 11 is 1.59. The molecule has 1 N–H and O–H groups in total. The van der Waals surface area contributed by atoms with Crippen molar-refractivity contribution in [2.24, 2.45) is 0 Å². The molecule has 8 heteroatoms. The number of thiazole rings is 1. The van der Waals surface area contributed by atoms with Crippen LogP contribution >= 0.6 is 48.6 Å². The van der Waals surface area contributed by atoms with Crippen LogP contribution in [0.15, 0.2) is 35.2 Å². The zero-order chi connectivity index (χ0) is 12.9. The van der Waals surface area contributed by atoms with Gasteiger partial charge in [0.15, 0.2) is 0 Å². The first-order valence-corrected chi connectivity index (χ1v) is 7.42. The Morgan fingerprint density at radius 3 is 2.36 bits per heavy atom. The number of halogens is 3. The van der Waals surface area contributed by atoms with E-state index in [1.807, 2.05) is 23.0 Å². The SMILES string of the molecule is Cl.Cl.Cl.c1nc(COc2ccc(N3CCNCC3)cc2)cs1. The Morgan fingerprint density at radius 2 is 1.77 bits per heavy atom. The van der Waals surface area contributed by atoms with Crippen LogP contribution in [0.2, 0.25) is 0 Å². The lowest BCUT2D eigenvalue weighted by molar-refractivity contribution is 0.302. The maximum atomic E-state index is 5.71.